The molecule has 1 aliphatic rings. The van der Waals surface area contributed by atoms with Gasteiger partial charge in [-0.3, -0.25) is 4.79 Å². The van der Waals surface area contributed by atoms with Crippen molar-refractivity contribution in [3.8, 4) is 0 Å². The molecule has 3 aromatic carbocycles. The van der Waals surface area contributed by atoms with Crippen LogP contribution >= 0.6 is 0 Å². The molecule has 2 unspecified atom stereocenters. The minimum atomic E-state index is -3.92. The van der Waals surface area contributed by atoms with Crippen molar-refractivity contribution < 1.29 is 17.6 Å². The number of nitrogens with one attached hydrogen (secondary N) is 1. The van der Waals surface area contributed by atoms with Crippen LogP contribution in [-0.2, 0) is 21.2 Å². The molecule has 1 fully saturated rings. The zero-order valence-electron chi connectivity index (χ0n) is 19.6. The number of aryl methyl sites for hydroxylation is 1. The van der Waals surface area contributed by atoms with Gasteiger partial charge in [0.05, 0.1) is 16.9 Å². The van der Waals surface area contributed by atoms with Gasteiger partial charge in [0.25, 0.3) is 0 Å². The highest BCUT2D eigenvalue weighted by Crippen LogP contribution is 2.37. The van der Waals surface area contributed by atoms with Crippen LogP contribution in [0.15, 0.2) is 89.8 Å². The molecular formula is C28H31FN2O3S. The van der Waals surface area contributed by atoms with Gasteiger partial charge in [0.2, 0.25) is 15.9 Å². The number of hydrogen-bond acceptors (Lipinski definition) is 3. The fourth-order valence-corrected chi connectivity index (χ4v) is 6.31. The minimum absolute atomic E-state index is 0.0294. The van der Waals surface area contributed by atoms with E-state index in [1.807, 2.05) is 48.5 Å². The number of piperidine rings is 1. The lowest BCUT2D eigenvalue weighted by molar-refractivity contribution is -0.126. The maximum Gasteiger partial charge on any atom is 0.243 e. The van der Waals surface area contributed by atoms with E-state index in [0.29, 0.717) is 19.4 Å². The summed E-state index contributed by atoms with van der Waals surface area (Å²) in [5.74, 6) is -1.04. The summed E-state index contributed by atoms with van der Waals surface area (Å²) in [6, 6.07) is 24.2. The fraction of sp³-hybridized carbons (Fsp3) is 0.321. The summed E-state index contributed by atoms with van der Waals surface area (Å²) in [6.45, 7) is 0.657. The second-order valence-corrected chi connectivity index (χ2v) is 10.9. The van der Waals surface area contributed by atoms with Crippen LogP contribution in [-0.4, -0.2) is 31.7 Å². The number of amides is 1. The highest BCUT2D eigenvalue weighted by molar-refractivity contribution is 7.89. The van der Waals surface area contributed by atoms with Crippen LogP contribution in [0.3, 0.4) is 0 Å². The van der Waals surface area contributed by atoms with Gasteiger partial charge in [0, 0.05) is 13.1 Å². The molecule has 1 aliphatic heterocycles. The first-order chi connectivity index (χ1) is 16.9. The van der Waals surface area contributed by atoms with Gasteiger partial charge in [-0.1, -0.05) is 60.7 Å². The summed E-state index contributed by atoms with van der Waals surface area (Å²) in [5, 5.41) is 3.00. The Labute approximate surface area is 207 Å². The molecular weight excluding hydrogens is 463 g/mol. The Hall–Kier alpha value is -3.03. The number of rotatable bonds is 9. The Morgan fingerprint density at radius 2 is 1.54 bits per heavy atom. The molecule has 0 radical (unpaired) electrons. The van der Waals surface area contributed by atoms with Gasteiger partial charge < -0.3 is 5.32 Å². The molecule has 0 spiro atoms. The minimum Gasteiger partial charge on any atom is -0.356 e. The topological polar surface area (TPSA) is 66.5 Å². The Morgan fingerprint density at radius 3 is 2.23 bits per heavy atom. The molecule has 0 aliphatic carbocycles. The van der Waals surface area contributed by atoms with Crippen molar-refractivity contribution in [2.45, 2.75) is 43.0 Å². The third kappa shape index (κ3) is 6.35. The summed E-state index contributed by atoms with van der Waals surface area (Å²) >= 11 is 0. The van der Waals surface area contributed by atoms with Gasteiger partial charge in [-0.25, -0.2) is 12.8 Å². The summed E-state index contributed by atoms with van der Waals surface area (Å²) in [7, 11) is -3.92. The van der Waals surface area contributed by atoms with E-state index in [0.717, 1.165) is 37.0 Å². The van der Waals surface area contributed by atoms with Crippen LogP contribution in [0, 0.1) is 11.7 Å². The van der Waals surface area contributed by atoms with E-state index < -0.39 is 21.8 Å². The molecule has 5 nitrogen and oxygen atoms in total. The molecule has 35 heavy (non-hydrogen) atoms. The Bertz CT molecular complexity index is 1200. The average molecular weight is 495 g/mol. The Kier molecular flexibility index (Phi) is 8.31. The highest BCUT2D eigenvalue weighted by atomic mass is 32.2. The summed E-state index contributed by atoms with van der Waals surface area (Å²) in [6.07, 6.45) is 3.93. The molecule has 2 atom stereocenters. The summed E-state index contributed by atoms with van der Waals surface area (Å²) in [4.78, 5) is 13.0. The van der Waals surface area contributed by atoms with Crippen LogP contribution < -0.4 is 5.32 Å². The van der Waals surface area contributed by atoms with E-state index in [1.165, 1.54) is 22.0 Å². The van der Waals surface area contributed by atoms with Crippen molar-refractivity contribution in [3.05, 3.63) is 102 Å². The van der Waals surface area contributed by atoms with E-state index >= 15 is 0 Å². The standard InChI is InChI=1S/C28H31FN2O3S/c29-25-15-17-26(18-16-25)35(33,34)31-21-24(14-19-27(31)23-12-5-2-6-13-23)28(32)30-20-8-7-11-22-9-3-1-4-10-22/h1-6,9-10,12-13,15-18,24,27H,7-8,11,14,19-21H2,(H,30,32). The van der Waals surface area contributed by atoms with Crippen LogP contribution in [0.25, 0.3) is 0 Å². The van der Waals surface area contributed by atoms with Gasteiger partial charge in [-0.2, -0.15) is 4.31 Å². The predicted octanol–water partition coefficient (Wildman–Crippen LogP) is 5.11. The first-order valence-electron chi connectivity index (χ1n) is 12.1. The van der Waals surface area contributed by atoms with Crippen molar-refractivity contribution >= 4 is 15.9 Å². The Morgan fingerprint density at radius 1 is 0.886 bits per heavy atom. The molecule has 1 saturated heterocycles. The first kappa shape index (κ1) is 25.1. The number of carbonyl (C=O) groups excluding carboxylic acids is 1. The van der Waals surface area contributed by atoms with Crippen molar-refractivity contribution in [1.82, 2.24) is 9.62 Å². The molecule has 1 amide bonds. The molecule has 1 N–H and O–H groups in total. The molecule has 0 aromatic heterocycles. The maximum atomic E-state index is 13.6. The number of halogens is 1. The van der Waals surface area contributed by atoms with Crippen molar-refractivity contribution in [3.63, 3.8) is 0 Å². The smallest absolute Gasteiger partial charge is 0.243 e. The normalized spacial score (nSPS) is 18.8. The number of sulfonamides is 1. The van der Waals surface area contributed by atoms with Crippen molar-refractivity contribution in [2.75, 3.05) is 13.1 Å². The lowest BCUT2D eigenvalue weighted by Crippen LogP contribution is -2.47. The van der Waals surface area contributed by atoms with E-state index in [-0.39, 0.29) is 23.4 Å². The zero-order valence-corrected chi connectivity index (χ0v) is 20.5. The second-order valence-electron chi connectivity index (χ2n) is 8.96. The van der Waals surface area contributed by atoms with Gasteiger partial charge in [-0.05, 0) is 67.5 Å². The quantitative estimate of drug-likeness (QED) is 0.421. The Balaban J connectivity index is 1.42. The third-order valence-corrected chi connectivity index (χ3v) is 8.44. The number of nitrogens with zero attached hydrogens (tertiary/aromatic N) is 1. The predicted molar refractivity (Wildman–Crippen MR) is 135 cm³/mol. The van der Waals surface area contributed by atoms with Crippen LogP contribution in [0.4, 0.5) is 4.39 Å². The van der Waals surface area contributed by atoms with E-state index in [2.05, 4.69) is 17.4 Å². The van der Waals surface area contributed by atoms with Gasteiger partial charge in [0.15, 0.2) is 0 Å². The summed E-state index contributed by atoms with van der Waals surface area (Å²) in [5.41, 5.74) is 2.16. The van der Waals surface area contributed by atoms with Crippen LogP contribution in [0.1, 0.15) is 42.9 Å². The molecule has 4 rings (SSSR count). The van der Waals surface area contributed by atoms with E-state index in [1.54, 1.807) is 0 Å². The SMILES string of the molecule is O=C(NCCCCc1ccccc1)C1CCC(c2ccccc2)N(S(=O)(=O)c2ccc(F)cc2)C1. The third-order valence-electron chi connectivity index (χ3n) is 6.55. The van der Waals surface area contributed by atoms with E-state index in [4.69, 9.17) is 0 Å². The number of carbonyl (C=O) groups is 1. The van der Waals surface area contributed by atoms with Crippen LogP contribution in [0.5, 0.6) is 0 Å². The lowest BCUT2D eigenvalue weighted by atomic mass is 9.90. The van der Waals surface area contributed by atoms with Crippen LogP contribution in [0.2, 0.25) is 0 Å². The molecule has 0 saturated carbocycles. The largest absolute Gasteiger partial charge is 0.356 e. The van der Waals surface area contributed by atoms with Gasteiger partial charge in [-0.15, -0.1) is 0 Å². The molecule has 3 aromatic rings. The second kappa shape index (κ2) is 11.6. The van der Waals surface area contributed by atoms with Gasteiger partial charge in [0.1, 0.15) is 5.82 Å². The van der Waals surface area contributed by atoms with Crippen molar-refractivity contribution in [2.24, 2.45) is 5.92 Å². The lowest BCUT2D eigenvalue weighted by Gasteiger charge is -2.38. The molecule has 0 bridgehead atoms. The highest BCUT2D eigenvalue weighted by Gasteiger charge is 2.40. The first-order valence-corrected chi connectivity index (χ1v) is 13.5. The number of hydrogen-bond donors (Lipinski definition) is 1. The molecule has 184 valence electrons. The zero-order chi connectivity index (χ0) is 24.7. The van der Waals surface area contributed by atoms with Gasteiger partial charge >= 0.3 is 0 Å². The summed E-state index contributed by atoms with van der Waals surface area (Å²) < 4.78 is 42.0. The monoisotopic (exact) mass is 494 g/mol. The molecule has 1 heterocycles. The number of benzene rings is 3. The maximum absolute atomic E-state index is 13.6. The van der Waals surface area contributed by atoms with E-state index in [9.17, 15) is 17.6 Å². The molecule has 7 heteroatoms. The van der Waals surface area contributed by atoms with Crippen molar-refractivity contribution in [1.29, 1.82) is 0 Å². The fourth-order valence-electron chi connectivity index (χ4n) is 4.62. The average Bonchev–Trinajstić information content (AvgIpc) is 2.89. The number of unbranched alkanes of at least 4 members (excludes halogenated alkanes) is 1.